The molecule has 9 heteroatoms. The number of aromatic nitrogens is 2. The Morgan fingerprint density at radius 3 is 2.54 bits per heavy atom. The summed E-state index contributed by atoms with van der Waals surface area (Å²) in [5.74, 6) is -0.0273. The van der Waals surface area contributed by atoms with Crippen molar-refractivity contribution in [1.29, 1.82) is 0 Å². The lowest BCUT2D eigenvalue weighted by Gasteiger charge is -2.36. The maximum absolute atomic E-state index is 13.3. The van der Waals surface area contributed by atoms with Gasteiger partial charge in [-0.3, -0.25) is 5.32 Å². The van der Waals surface area contributed by atoms with E-state index in [1.54, 1.807) is 48.2 Å². The fraction of sp³-hybridized carbons (Fsp3) is 0.368. The molecule has 2 aromatic rings. The highest BCUT2D eigenvalue weighted by atomic mass is 19.1. The highest BCUT2D eigenvalue weighted by Crippen LogP contribution is 2.19. The Morgan fingerprint density at radius 1 is 1.18 bits per heavy atom. The molecule has 2 heterocycles. The molecule has 0 unspecified atom stereocenters. The number of urea groups is 2. The normalized spacial score (nSPS) is 14.5. The van der Waals surface area contributed by atoms with Crippen LogP contribution in [0, 0.1) is 5.82 Å². The number of halogens is 1. The highest BCUT2D eigenvalue weighted by Gasteiger charge is 2.27. The minimum atomic E-state index is -0.347. The first-order valence-corrected chi connectivity index (χ1v) is 9.08. The van der Waals surface area contributed by atoms with Crippen LogP contribution in [0.1, 0.15) is 12.8 Å². The van der Waals surface area contributed by atoms with Crippen molar-refractivity contribution in [2.45, 2.75) is 18.9 Å². The van der Waals surface area contributed by atoms with Crippen LogP contribution in [-0.4, -0.2) is 65.3 Å². The molecule has 1 saturated heterocycles. The summed E-state index contributed by atoms with van der Waals surface area (Å²) in [5, 5.41) is 13.4. The van der Waals surface area contributed by atoms with Crippen molar-refractivity contribution in [3.63, 3.8) is 0 Å². The predicted molar refractivity (Wildman–Crippen MR) is 103 cm³/mol. The van der Waals surface area contributed by atoms with E-state index in [9.17, 15) is 14.0 Å². The molecule has 0 spiro atoms. The van der Waals surface area contributed by atoms with Crippen molar-refractivity contribution in [2.24, 2.45) is 0 Å². The molecular formula is C19H23FN6O2. The van der Waals surface area contributed by atoms with E-state index in [0.717, 1.165) is 0 Å². The first-order valence-electron chi connectivity index (χ1n) is 9.08. The summed E-state index contributed by atoms with van der Waals surface area (Å²) < 4.78 is 13.3. The monoisotopic (exact) mass is 386 g/mol. The molecule has 0 saturated carbocycles. The Kier molecular flexibility index (Phi) is 6.03. The van der Waals surface area contributed by atoms with Crippen LogP contribution in [0.15, 0.2) is 36.4 Å². The Morgan fingerprint density at radius 2 is 1.93 bits per heavy atom. The third-order valence-corrected chi connectivity index (χ3v) is 4.85. The van der Waals surface area contributed by atoms with Gasteiger partial charge in [-0.25, -0.2) is 14.0 Å². The van der Waals surface area contributed by atoms with E-state index in [4.69, 9.17) is 0 Å². The van der Waals surface area contributed by atoms with Gasteiger partial charge in [-0.05, 0) is 37.1 Å². The standard InChI is InChI=1S/C19H23FN6O2/c1-21-18(27)26-10-8-15(9-11-26)25(2)19(28)22-17-7-6-16(23-24-17)13-4-3-5-14(20)12-13/h3-7,12,15H,8-11H2,1-2H3,(H,21,27)(H,22,24,28). The number of carbonyl (C=O) groups excluding carboxylic acids is 2. The average molecular weight is 386 g/mol. The maximum Gasteiger partial charge on any atom is 0.323 e. The zero-order chi connectivity index (χ0) is 20.1. The Bertz CT molecular complexity index is 837. The first kappa shape index (κ1) is 19.5. The van der Waals surface area contributed by atoms with Crippen molar-refractivity contribution in [3.05, 3.63) is 42.2 Å². The third-order valence-electron chi connectivity index (χ3n) is 4.85. The quantitative estimate of drug-likeness (QED) is 0.848. The summed E-state index contributed by atoms with van der Waals surface area (Å²) in [6.45, 7) is 1.20. The predicted octanol–water partition coefficient (Wildman–Crippen LogP) is 2.55. The number of carbonyl (C=O) groups is 2. The lowest BCUT2D eigenvalue weighted by atomic mass is 10.0. The summed E-state index contributed by atoms with van der Waals surface area (Å²) in [7, 11) is 3.33. The van der Waals surface area contributed by atoms with Gasteiger partial charge in [-0.1, -0.05) is 12.1 Å². The van der Waals surface area contributed by atoms with Gasteiger partial charge in [0.05, 0.1) is 5.69 Å². The Balaban J connectivity index is 1.56. The van der Waals surface area contributed by atoms with E-state index in [1.165, 1.54) is 12.1 Å². The van der Waals surface area contributed by atoms with E-state index < -0.39 is 0 Å². The molecule has 0 aliphatic carbocycles. The second kappa shape index (κ2) is 8.64. The van der Waals surface area contributed by atoms with Gasteiger partial charge < -0.3 is 15.1 Å². The maximum atomic E-state index is 13.3. The molecule has 148 valence electrons. The number of hydrogen-bond donors (Lipinski definition) is 2. The number of benzene rings is 1. The van der Waals surface area contributed by atoms with Gasteiger partial charge in [0.25, 0.3) is 0 Å². The molecule has 1 aliphatic heterocycles. The lowest BCUT2D eigenvalue weighted by Crippen LogP contribution is -2.50. The van der Waals surface area contributed by atoms with Crippen LogP contribution in [0.2, 0.25) is 0 Å². The zero-order valence-corrected chi connectivity index (χ0v) is 15.9. The third kappa shape index (κ3) is 4.54. The molecule has 1 aromatic heterocycles. The largest absolute Gasteiger partial charge is 0.341 e. The molecule has 28 heavy (non-hydrogen) atoms. The number of nitrogens with zero attached hydrogens (tertiary/aromatic N) is 4. The Labute approximate surface area is 162 Å². The molecule has 0 radical (unpaired) electrons. The molecule has 3 rings (SSSR count). The number of rotatable bonds is 3. The summed E-state index contributed by atoms with van der Waals surface area (Å²) in [6.07, 6.45) is 1.42. The summed E-state index contributed by atoms with van der Waals surface area (Å²) in [4.78, 5) is 27.5. The molecule has 1 fully saturated rings. The number of hydrogen-bond acceptors (Lipinski definition) is 4. The van der Waals surface area contributed by atoms with Gasteiger partial charge in [0.15, 0.2) is 5.82 Å². The minimum absolute atomic E-state index is 0.0421. The molecular weight excluding hydrogens is 363 g/mol. The molecule has 4 amide bonds. The number of anilines is 1. The van der Waals surface area contributed by atoms with Crippen LogP contribution in [0.3, 0.4) is 0 Å². The minimum Gasteiger partial charge on any atom is -0.341 e. The van der Waals surface area contributed by atoms with Crippen LogP contribution in [0.25, 0.3) is 11.3 Å². The van der Waals surface area contributed by atoms with Crippen LogP contribution in [0.4, 0.5) is 19.8 Å². The van der Waals surface area contributed by atoms with E-state index in [-0.39, 0.29) is 23.9 Å². The van der Waals surface area contributed by atoms with E-state index >= 15 is 0 Å². The van der Waals surface area contributed by atoms with Gasteiger partial charge >= 0.3 is 12.1 Å². The Hall–Kier alpha value is -3.23. The molecule has 1 aromatic carbocycles. The van der Waals surface area contributed by atoms with Crippen LogP contribution >= 0.6 is 0 Å². The summed E-state index contributed by atoms with van der Waals surface area (Å²) >= 11 is 0. The van der Waals surface area contributed by atoms with Crippen molar-refractivity contribution < 1.29 is 14.0 Å². The van der Waals surface area contributed by atoms with Gasteiger partial charge in [-0.15, -0.1) is 10.2 Å². The van der Waals surface area contributed by atoms with Crippen LogP contribution in [-0.2, 0) is 0 Å². The van der Waals surface area contributed by atoms with Crippen molar-refractivity contribution in [2.75, 3.05) is 32.5 Å². The number of likely N-dealkylation sites (tertiary alicyclic amines) is 1. The molecule has 0 bridgehead atoms. The molecule has 8 nitrogen and oxygen atoms in total. The van der Waals surface area contributed by atoms with Crippen molar-refractivity contribution in [1.82, 2.24) is 25.3 Å². The fourth-order valence-electron chi connectivity index (χ4n) is 3.18. The fourth-order valence-corrected chi connectivity index (χ4v) is 3.18. The SMILES string of the molecule is CNC(=O)N1CCC(N(C)C(=O)Nc2ccc(-c3cccc(F)c3)nn2)CC1. The van der Waals surface area contributed by atoms with Crippen molar-refractivity contribution in [3.8, 4) is 11.3 Å². The van der Waals surface area contributed by atoms with Crippen molar-refractivity contribution >= 4 is 17.9 Å². The lowest BCUT2D eigenvalue weighted by molar-refractivity contribution is 0.146. The number of nitrogens with one attached hydrogen (secondary N) is 2. The van der Waals surface area contributed by atoms with Gasteiger partial charge in [0, 0.05) is 38.8 Å². The van der Waals surface area contributed by atoms with Gasteiger partial charge in [0.2, 0.25) is 0 Å². The van der Waals surface area contributed by atoms with Crippen LogP contribution < -0.4 is 10.6 Å². The summed E-state index contributed by atoms with van der Waals surface area (Å²) in [6, 6.07) is 9.05. The van der Waals surface area contributed by atoms with Gasteiger partial charge in [0.1, 0.15) is 5.82 Å². The van der Waals surface area contributed by atoms with E-state index in [2.05, 4.69) is 20.8 Å². The van der Waals surface area contributed by atoms with Crippen LogP contribution in [0.5, 0.6) is 0 Å². The van der Waals surface area contributed by atoms with E-state index in [1.807, 2.05) is 0 Å². The second-order valence-electron chi connectivity index (χ2n) is 6.63. The molecule has 0 atom stereocenters. The molecule has 1 aliphatic rings. The average Bonchev–Trinajstić information content (AvgIpc) is 2.73. The second-order valence-corrected chi connectivity index (χ2v) is 6.63. The topological polar surface area (TPSA) is 90.5 Å². The van der Waals surface area contributed by atoms with Gasteiger partial charge in [-0.2, -0.15) is 0 Å². The molecule has 2 N–H and O–H groups in total. The number of piperidine rings is 1. The zero-order valence-electron chi connectivity index (χ0n) is 15.9. The van der Waals surface area contributed by atoms with E-state index in [0.29, 0.717) is 43.0 Å². The summed E-state index contributed by atoms with van der Waals surface area (Å²) in [5.41, 5.74) is 1.14. The number of amides is 4. The smallest absolute Gasteiger partial charge is 0.323 e. The highest BCUT2D eigenvalue weighted by molar-refractivity contribution is 5.88. The first-order chi connectivity index (χ1) is 13.5.